The van der Waals surface area contributed by atoms with E-state index in [0.717, 1.165) is 6.07 Å². The highest BCUT2D eigenvalue weighted by Gasteiger charge is 2.18. The van der Waals surface area contributed by atoms with Gasteiger partial charge in [0.25, 0.3) is 0 Å². The van der Waals surface area contributed by atoms with E-state index in [1.165, 1.54) is 31.4 Å². The lowest BCUT2D eigenvalue weighted by molar-refractivity contribution is 0.411. The molecule has 2 aromatic carbocycles. The molecule has 2 rings (SSSR count). The second-order valence-corrected chi connectivity index (χ2v) is 4.76. The maximum atomic E-state index is 13.9. The van der Waals surface area contributed by atoms with Crippen LogP contribution in [0.1, 0.15) is 16.5 Å². The molecule has 0 bridgehead atoms. The van der Waals surface area contributed by atoms with E-state index in [2.05, 4.69) is 0 Å². The Kier molecular flexibility index (Phi) is 4.27. The van der Waals surface area contributed by atoms with Gasteiger partial charge in [-0.1, -0.05) is 23.7 Å². The van der Waals surface area contributed by atoms with Crippen molar-refractivity contribution in [3.8, 4) is 5.75 Å². The van der Waals surface area contributed by atoms with Crippen LogP contribution in [0.5, 0.6) is 5.75 Å². The van der Waals surface area contributed by atoms with Gasteiger partial charge >= 0.3 is 0 Å². The van der Waals surface area contributed by atoms with Crippen molar-refractivity contribution in [3.63, 3.8) is 0 Å². The first kappa shape index (κ1) is 14.1. The minimum Gasteiger partial charge on any atom is -0.497 e. The molecule has 2 aromatic rings. The first-order chi connectivity index (χ1) is 9.02. The molecule has 0 aliphatic heterocycles. The van der Waals surface area contributed by atoms with Crippen LogP contribution in [0.15, 0.2) is 36.4 Å². The zero-order valence-electron chi connectivity index (χ0n) is 9.96. The standard InChI is InChI=1S/C14H10Cl2F2O/c1-19-9-3-5-11(13(18)7-9)14(16)10-4-2-8(17)6-12(10)15/h2-7,14H,1H3. The summed E-state index contributed by atoms with van der Waals surface area (Å²) in [7, 11) is 1.45. The molecule has 5 heteroatoms. The van der Waals surface area contributed by atoms with Crippen molar-refractivity contribution in [1.29, 1.82) is 0 Å². The highest BCUT2D eigenvalue weighted by molar-refractivity contribution is 6.33. The largest absolute Gasteiger partial charge is 0.497 e. The first-order valence-corrected chi connectivity index (χ1v) is 6.27. The molecule has 1 atom stereocenters. The van der Waals surface area contributed by atoms with Crippen LogP contribution in [-0.4, -0.2) is 7.11 Å². The number of methoxy groups -OCH3 is 1. The maximum Gasteiger partial charge on any atom is 0.131 e. The van der Waals surface area contributed by atoms with Gasteiger partial charge in [-0.25, -0.2) is 8.78 Å². The molecule has 1 unspecified atom stereocenters. The Morgan fingerprint density at radius 2 is 1.74 bits per heavy atom. The van der Waals surface area contributed by atoms with Gasteiger partial charge in [0, 0.05) is 16.7 Å². The summed E-state index contributed by atoms with van der Waals surface area (Å²) in [5.41, 5.74) is 0.713. The topological polar surface area (TPSA) is 9.23 Å². The summed E-state index contributed by atoms with van der Waals surface area (Å²) in [6, 6.07) is 8.18. The van der Waals surface area contributed by atoms with Crippen LogP contribution in [0.2, 0.25) is 5.02 Å². The molecular weight excluding hydrogens is 293 g/mol. The molecule has 0 heterocycles. The molecule has 100 valence electrons. The predicted octanol–water partition coefficient (Wildman–Crippen LogP) is 4.96. The van der Waals surface area contributed by atoms with Gasteiger partial charge in [0.1, 0.15) is 17.4 Å². The summed E-state index contributed by atoms with van der Waals surface area (Å²) in [6.45, 7) is 0. The molecule has 0 spiro atoms. The summed E-state index contributed by atoms with van der Waals surface area (Å²) in [4.78, 5) is 0. The Labute approximate surface area is 119 Å². The molecule has 1 nitrogen and oxygen atoms in total. The third-order valence-electron chi connectivity index (χ3n) is 2.72. The van der Waals surface area contributed by atoms with Gasteiger partial charge in [0.05, 0.1) is 12.5 Å². The van der Waals surface area contributed by atoms with E-state index >= 15 is 0 Å². The van der Waals surface area contributed by atoms with E-state index in [4.69, 9.17) is 27.9 Å². The lowest BCUT2D eigenvalue weighted by Gasteiger charge is -2.13. The van der Waals surface area contributed by atoms with Crippen LogP contribution in [0.25, 0.3) is 0 Å². The fourth-order valence-electron chi connectivity index (χ4n) is 1.71. The number of hydrogen-bond acceptors (Lipinski definition) is 1. The lowest BCUT2D eigenvalue weighted by atomic mass is 10.0. The van der Waals surface area contributed by atoms with Crippen LogP contribution in [0, 0.1) is 11.6 Å². The highest BCUT2D eigenvalue weighted by atomic mass is 35.5. The van der Waals surface area contributed by atoms with Crippen molar-refractivity contribution in [2.24, 2.45) is 0 Å². The molecule has 0 saturated carbocycles. The van der Waals surface area contributed by atoms with Crippen LogP contribution in [0.4, 0.5) is 8.78 Å². The average Bonchev–Trinajstić information content (AvgIpc) is 2.37. The SMILES string of the molecule is COc1ccc(C(Cl)c2ccc(F)cc2Cl)c(F)c1. The summed E-state index contributed by atoms with van der Waals surface area (Å²) in [6.07, 6.45) is 0. The normalized spacial score (nSPS) is 12.3. The highest BCUT2D eigenvalue weighted by Crippen LogP contribution is 2.36. The third kappa shape index (κ3) is 2.99. The van der Waals surface area contributed by atoms with Crippen molar-refractivity contribution in [2.45, 2.75) is 5.38 Å². The molecule has 0 saturated heterocycles. The Morgan fingerprint density at radius 3 is 2.32 bits per heavy atom. The summed E-state index contributed by atoms with van der Waals surface area (Å²) < 4.78 is 31.8. The van der Waals surface area contributed by atoms with Crippen molar-refractivity contribution in [3.05, 3.63) is 64.2 Å². The molecule has 0 radical (unpaired) electrons. The predicted molar refractivity (Wildman–Crippen MR) is 72.1 cm³/mol. The number of hydrogen-bond donors (Lipinski definition) is 0. The summed E-state index contributed by atoms with van der Waals surface area (Å²) >= 11 is 12.1. The zero-order chi connectivity index (χ0) is 14.0. The van der Waals surface area contributed by atoms with Crippen molar-refractivity contribution >= 4 is 23.2 Å². The van der Waals surface area contributed by atoms with E-state index in [9.17, 15) is 8.78 Å². The lowest BCUT2D eigenvalue weighted by Crippen LogP contribution is -1.99. The van der Waals surface area contributed by atoms with E-state index in [-0.39, 0.29) is 10.6 Å². The van der Waals surface area contributed by atoms with Gasteiger partial charge in [0.2, 0.25) is 0 Å². The second kappa shape index (κ2) is 5.76. The van der Waals surface area contributed by atoms with Crippen molar-refractivity contribution in [1.82, 2.24) is 0 Å². The summed E-state index contributed by atoms with van der Waals surface area (Å²) in [5.74, 6) is -0.567. The molecular formula is C14H10Cl2F2O. The second-order valence-electron chi connectivity index (χ2n) is 3.92. The molecule has 0 N–H and O–H groups in total. The fraction of sp³-hybridized carbons (Fsp3) is 0.143. The van der Waals surface area contributed by atoms with Crippen LogP contribution in [0.3, 0.4) is 0 Å². The van der Waals surface area contributed by atoms with Crippen molar-refractivity contribution < 1.29 is 13.5 Å². The molecule has 0 amide bonds. The number of halogens is 4. The van der Waals surface area contributed by atoms with E-state index < -0.39 is 17.0 Å². The van der Waals surface area contributed by atoms with Gasteiger partial charge in [-0.15, -0.1) is 11.6 Å². The molecule has 0 aliphatic carbocycles. The number of ether oxygens (including phenoxy) is 1. The Balaban J connectivity index is 2.41. The Morgan fingerprint density at radius 1 is 1.05 bits per heavy atom. The first-order valence-electron chi connectivity index (χ1n) is 5.45. The molecule has 0 aliphatic rings. The molecule has 0 fully saturated rings. The third-order valence-corrected chi connectivity index (χ3v) is 3.51. The Bertz CT molecular complexity index is 602. The number of rotatable bonds is 3. The van der Waals surface area contributed by atoms with Gasteiger partial charge in [0.15, 0.2) is 0 Å². The van der Waals surface area contributed by atoms with Crippen molar-refractivity contribution in [2.75, 3.05) is 7.11 Å². The van der Waals surface area contributed by atoms with Gasteiger partial charge in [-0.05, 0) is 23.8 Å². The number of alkyl halides is 1. The monoisotopic (exact) mass is 302 g/mol. The molecule has 19 heavy (non-hydrogen) atoms. The molecule has 0 aromatic heterocycles. The maximum absolute atomic E-state index is 13.9. The number of benzene rings is 2. The quantitative estimate of drug-likeness (QED) is 0.729. The van der Waals surface area contributed by atoms with Crippen LogP contribution < -0.4 is 4.74 Å². The average molecular weight is 303 g/mol. The van der Waals surface area contributed by atoms with Crippen LogP contribution >= 0.6 is 23.2 Å². The minimum atomic E-state index is -0.793. The Hall–Kier alpha value is -1.32. The minimum absolute atomic E-state index is 0.162. The van der Waals surface area contributed by atoms with Gasteiger partial charge < -0.3 is 4.74 Å². The van der Waals surface area contributed by atoms with E-state index in [0.29, 0.717) is 11.3 Å². The smallest absolute Gasteiger partial charge is 0.131 e. The zero-order valence-corrected chi connectivity index (χ0v) is 11.5. The fourth-order valence-corrected chi connectivity index (χ4v) is 2.41. The van der Waals surface area contributed by atoms with Gasteiger partial charge in [-0.3, -0.25) is 0 Å². The van der Waals surface area contributed by atoms with E-state index in [1.807, 2.05) is 0 Å². The van der Waals surface area contributed by atoms with Crippen LogP contribution in [-0.2, 0) is 0 Å². The van der Waals surface area contributed by atoms with Gasteiger partial charge in [-0.2, -0.15) is 0 Å². The summed E-state index contributed by atoms with van der Waals surface area (Å²) in [5, 5.41) is -0.630. The van der Waals surface area contributed by atoms with E-state index in [1.54, 1.807) is 6.07 Å².